The van der Waals surface area contributed by atoms with E-state index in [1.807, 2.05) is 0 Å². The van der Waals surface area contributed by atoms with E-state index in [-0.39, 0.29) is 23.5 Å². The van der Waals surface area contributed by atoms with Crippen molar-refractivity contribution in [1.29, 1.82) is 0 Å². The van der Waals surface area contributed by atoms with E-state index in [1.54, 1.807) is 0 Å². The van der Waals surface area contributed by atoms with Crippen LogP contribution in [0.4, 0.5) is 34.6 Å². The number of carbonyl (C=O) groups is 1. The molecule has 5 nitrogen and oxygen atoms in total. The van der Waals surface area contributed by atoms with Gasteiger partial charge in [0.05, 0.1) is 22.5 Å². The highest BCUT2D eigenvalue weighted by atomic mass is 19.4. The number of nitrogens with one attached hydrogen (secondary N) is 1. The fourth-order valence-electron chi connectivity index (χ4n) is 3.15. The number of carbonyl (C=O) groups excluding carboxylic acids is 1. The summed E-state index contributed by atoms with van der Waals surface area (Å²) >= 11 is 0. The second-order valence-electron chi connectivity index (χ2n) is 6.42. The smallest absolute Gasteiger partial charge is 0.327 e. The number of fused-ring (bicyclic) bond motifs is 1. The van der Waals surface area contributed by atoms with E-state index < -0.39 is 23.5 Å². The normalized spacial score (nSPS) is 14.1. The molecule has 1 N–H and O–H groups in total. The molecule has 0 atom stereocenters. The number of hydrogen-bond acceptors (Lipinski definition) is 3. The van der Waals surface area contributed by atoms with E-state index in [0.29, 0.717) is 11.4 Å². The third-order valence-corrected chi connectivity index (χ3v) is 4.59. The molecular formula is C20H13F4N3O2. The van der Waals surface area contributed by atoms with Gasteiger partial charge < -0.3 is 9.88 Å². The third kappa shape index (κ3) is 3.46. The van der Waals surface area contributed by atoms with Crippen LogP contribution in [0.15, 0.2) is 65.6 Å². The summed E-state index contributed by atoms with van der Waals surface area (Å²) in [7, 11) is 0. The fourth-order valence-corrected chi connectivity index (χ4v) is 3.15. The Kier molecular flexibility index (Phi) is 4.37. The van der Waals surface area contributed by atoms with E-state index in [9.17, 15) is 27.2 Å². The molecule has 0 unspecified atom stereocenters. The second kappa shape index (κ2) is 6.77. The Morgan fingerprint density at radius 1 is 0.862 bits per heavy atom. The second-order valence-corrected chi connectivity index (χ2v) is 6.42. The van der Waals surface area contributed by atoms with Crippen LogP contribution in [0, 0.1) is 5.82 Å². The van der Waals surface area contributed by atoms with Crippen LogP contribution in [0.3, 0.4) is 0 Å². The van der Waals surface area contributed by atoms with Crippen LogP contribution in [0.2, 0.25) is 0 Å². The molecule has 3 aromatic rings. The molecule has 1 aliphatic heterocycles. The van der Waals surface area contributed by atoms with Crippen LogP contribution in [0.1, 0.15) is 15.9 Å². The van der Waals surface area contributed by atoms with Gasteiger partial charge in [0.25, 0.3) is 5.91 Å². The summed E-state index contributed by atoms with van der Waals surface area (Å²) in [5.74, 6) is -1.01. The number of anilines is 3. The first-order valence-corrected chi connectivity index (χ1v) is 8.49. The Labute approximate surface area is 161 Å². The minimum absolute atomic E-state index is 0.0553. The highest BCUT2D eigenvalue weighted by Crippen LogP contribution is 2.39. The molecule has 0 fully saturated rings. The van der Waals surface area contributed by atoms with Crippen LogP contribution < -0.4 is 15.4 Å². The van der Waals surface area contributed by atoms with Crippen molar-refractivity contribution in [2.75, 3.05) is 16.5 Å². The highest BCUT2D eigenvalue weighted by molar-refractivity contribution is 6.12. The molecule has 9 heteroatoms. The van der Waals surface area contributed by atoms with Crippen LogP contribution in [-0.4, -0.2) is 17.6 Å². The minimum Gasteiger partial charge on any atom is -0.327 e. The van der Waals surface area contributed by atoms with Gasteiger partial charge in [-0.05, 0) is 48.5 Å². The van der Waals surface area contributed by atoms with E-state index in [0.717, 1.165) is 18.2 Å². The molecule has 148 valence electrons. The third-order valence-electron chi connectivity index (χ3n) is 4.59. The Morgan fingerprint density at radius 3 is 2.17 bits per heavy atom. The summed E-state index contributed by atoms with van der Waals surface area (Å²) in [5, 5.41) is 0. The summed E-state index contributed by atoms with van der Waals surface area (Å²) in [6.07, 6.45) is -3.24. The van der Waals surface area contributed by atoms with Gasteiger partial charge in [-0.25, -0.2) is 4.39 Å². The molecule has 1 amide bonds. The van der Waals surface area contributed by atoms with Crippen LogP contribution in [0.25, 0.3) is 0 Å². The molecule has 0 spiro atoms. The zero-order chi connectivity index (χ0) is 20.8. The standard InChI is InChI=1S/C20H13F4N3O2/c21-13-2-4-14(5-3-13)26-11-27(15-6-8-18(28)25-10-15)19(29)16-7-1-12(9-17(16)26)20(22,23)24/h1-10H,11H2,(H,25,28). The van der Waals surface area contributed by atoms with Gasteiger partial charge in [0.2, 0.25) is 5.56 Å². The topological polar surface area (TPSA) is 56.4 Å². The van der Waals surface area contributed by atoms with Crippen molar-refractivity contribution in [2.24, 2.45) is 0 Å². The predicted molar refractivity (Wildman–Crippen MR) is 98.7 cm³/mol. The molecule has 4 rings (SSSR count). The van der Waals surface area contributed by atoms with Crippen molar-refractivity contribution in [3.05, 3.63) is 88.1 Å². The van der Waals surface area contributed by atoms with Crippen LogP contribution in [0.5, 0.6) is 0 Å². The van der Waals surface area contributed by atoms with Gasteiger partial charge in [0.15, 0.2) is 0 Å². The zero-order valence-electron chi connectivity index (χ0n) is 14.7. The molecule has 0 bridgehead atoms. The monoisotopic (exact) mass is 403 g/mol. The molecular weight excluding hydrogens is 390 g/mol. The van der Waals surface area contributed by atoms with Gasteiger partial charge in [-0.3, -0.25) is 14.5 Å². The number of amides is 1. The van der Waals surface area contributed by atoms with Crippen molar-refractivity contribution in [3.63, 3.8) is 0 Å². The lowest BCUT2D eigenvalue weighted by atomic mass is 10.0. The van der Waals surface area contributed by atoms with Crippen molar-refractivity contribution in [2.45, 2.75) is 6.18 Å². The van der Waals surface area contributed by atoms with Crippen molar-refractivity contribution in [3.8, 4) is 0 Å². The van der Waals surface area contributed by atoms with Gasteiger partial charge in [-0.1, -0.05) is 0 Å². The lowest BCUT2D eigenvalue weighted by molar-refractivity contribution is -0.137. The first-order valence-electron chi connectivity index (χ1n) is 8.49. The van der Waals surface area contributed by atoms with E-state index in [2.05, 4.69) is 4.98 Å². The number of nitrogens with zero attached hydrogens (tertiary/aromatic N) is 2. The van der Waals surface area contributed by atoms with E-state index in [1.165, 1.54) is 52.4 Å². The molecule has 2 aromatic carbocycles. The van der Waals surface area contributed by atoms with Crippen LogP contribution in [-0.2, 0) is 6.18 Å². The number of aromatic nitrogens is 1. The molecule has 0 aliphatic carbocycles. The molecule has 0 saturated heterocycles. The number of aromatic amines is 1. The summed E-state index contributed by atoms with van der Waals surface area (Å²) in [6.45, 7) is -0.120. The van der Waals surface area contributed by atoms with Crippen molar-refractivity contribution < 1.29 is 22.4 Å². The van der Waals surface area contributed by atoms with Gasteiger partial charge in [-0.15, -0.1) is 0 Å². The maximum absolute atomic E-state index is 13.3. The molecule has 1 aromatic heterocycles. The Morgan fingerprint density at radius 2 is 1.55 bits per heavy atom. The molecule has 1 aliphatic rings. The number of pyridine rings is 1. The summed E-state index contributed by atoms with van der Waals surface area (Å²) < 4.78 is 53.0. The SMILES string of the molecule is O=C1c2ccc(C(F)(F)F)cc2N(c2ccc(F)cc2)CN1c1ccc(=O)[nH]c1. The average Bonchev–Trinajstić information content (AvgIpc) is 2.69. The number of alkyl halides is 3. The Balaban J connectivity index is 1.87. The number of H-pyrrole nitrogens is 1. The number of hydrogen-bond donors (Lipinski definition) is 1. The Bertz CT molecular complexity index is 1120. The van der Waals surface area contributed by atoms with Gasteiger partial charge in [0, 0.05) is 18.0 Å². The lowest BCUT2D eigenvalue weighted by Gasteiger charge is -2.38. The predicted octanol–water partition coefficient (Wildman–Crippen LogP) is 4.29. The van der Waals surface area contributed by atoms with Crippen molar-refractivity contribution in [1.82, 2.24) is 4.98 Å². The minimum atomic E-state index is -4.58. The van der Waals surface area contributed by atoms with E-state index in [4.69, 9.17) is 0 Å². The van der Waals surface area contributed by atoms with Gasteiger partial charge >= 0.3 is 6.18 Å². The quantitative estimate of drug-likeness (QED) is 0.650. The van der Waals surface area contributed by atoms with Crippen molar-refractivity contribution >= 4 is 23.0 Å². The molecule has 0 saturated carbocycles. The molecule has 0 radical (unpaired) electrons. The van der Waals surface area contributed by atoms with Crippen LogP contribution >= 0.6 is 0 Å². The van der Waals surface area contributed by atoms with Gasteiger partial charge in [-0.2, -0.15) is 13.2 Å². The fraction of sp³-hybridized carbons (Fsp3) is 0.100. The first kappa shape index (κ1) is 18.7. The molecule has 29 heavy (non-hydrogen) atoms. The lowest BCUT2D eigenvalue weighted by Crippen LogP contribution is -2.45. The first-order chi connectivity index (χ1) is 13.7. The number of rotatable bonds is 2. The largest absolute Gasteiger partial charge is 0.416 e. The Hall–Kier alpha value is -3.62. The number of benzene rings is 2. The van der Waals surface area contributed by atoms with E-state index >= 15 is 0 Å². The molecule has 2 heterocycles. The zero-order valence-corrected chi connectivity index (χ0v) is 14.7. The maximum Gasteiger partial charge on any atom is 0.416 e. The summed E-state index contributed by atoms with van der Waals surface area (Å²) in [4.78, 5) is 29.5. The summed E-state index contributed by atoms with van der Waals surface area (Å²) in [5.41, 5.74) is -0.351. The average molecular weight is 403 g/mol. The van der Waals surface area contributed by atoms with Gasteiger partial charge in [0.1, 0.15) is 12.5 Å². The maximum atomic E-state index is 13.3. The summed E-state index contributed by atoms with van der Waals surface area (Å²) in [6, 6.07) is 10.8. The number of halogens is 4. The highest BCUT2D eigenvalue weighted by Gasteiger charge is 2.36.